The minimum Gasteiger partial charge on any atom is -0.465 e. The van der Waals surface area contributed by atoms with Crippen molar-refractivity contribution in [3.05, 3.63) is 101 Å². The lowest BCUT2D eigenvalue weighted by Crippen LogP contribution is -2.32. The number of hydrogen-bond donors (Lipinski definition) is 1. The molecule has 1 aromatic heterocycles. The summed E-state index contributed by atoms with van der Waals surface area (Å²) in [4.78, 5) is 17.3. The molecule has 0 saturated carbocycles. The number of carbonyl (C=O) groups is 1. The van der Waals surface area contributed by atoms with Crippen molar-refractivity contribution in [1.29, 1.82) is 0 Å². The Morgan fingerprint density at radius 2 is 1.62 bits per heavy atom. The lowest BCUT2D eigenvalue weighted by molar-refractivity contribution is 0.0600. The monoisotopic (exact) mass is 565 g/mol. The average molecular weight is 566 g/mol. The van der Waals surface area contributed by atoms with Gasteiger partial charge in [-0.2, -0.15) is 0 Å². The maximum absolute atomic E-state index is 11.9. The summed E-state index contributed by atoms with van der Waals surface area (Å²) in [5.74, 6) is 0.762. The zero-order valence-corrected chi connectivity index (χ0v) is 26.1. The van der Waals surface area contributed by atoms with Crippen LogP contribution >= 0.6 is 0 Å². The number of hydrogen-bond acceptors (Lipinski definition) is 4. The highest BCUT2D eigenvalue weighted by atomic mass is 16.5. The van der Waals surface area contributed by atoms with Crippen LogP contribution in [0.4, 0.5) is 0 Å². The number of aryl methyl sites for hydroxylation is 2. The molecule has 5 heteroatoms. The largest absolute Gasteiger partial charge is 0.465 e. The van der Waals surface area contributed by atoms with E-state index in [1.54, 1.807) is 0 Å². The van der Waals surface area contributed by atoms with Crippen LogP contribution in [-0.2, 0) is 24.2 Å². The van der Waals surface area contributed by atoms with E-state index in [1.165, 1.54) is 54.3 Å². The van der Waals surface area contributed by atoms with Crippen molar-refractivity contribution in [2.24, 2.45) is 0 Å². The molecular formula is C37H47N3O2. The number of esters is 1. The molecular weight excluding hydrogens is 518 g/mol. The number of rotatable bonds is 15. The molecule has 1 N–H and O–H groups in total. The molecule has 0 aliphatic carbocycles. The molecule has 4 rings (SSSR count). The zero-order chi connectivity index (χ0) is 29.9. The lowest BCUT2D eigenvalue weighted by atomic mass is 9.99. The SMILES string of the molecule is CCCCCC(Cc1c(-c2ccc(C)cc2)nc(-c2ccccc2C)n1CCCC)NCc1ccc(C(=O)OC)cc1. The standard InChI is InChI=1S/C37H47N3O2/c1-6-8-10-14-32(38-26-29-18-22-31(23-19-29)37(41)42-5)25-34-35(30-20-16-27(3)17-21-30)39-36(40(34)24-9-7-2)33-15-12-11-13-28(33)4/h11-13,15-23,32,38H,6-10,14,24-26H2,1-5H3. The quantitative estimate of drug-likeness (QED) is 0.116. The number of imidazole rings is 1. The summed E-state index contributed by atoms with van der Waals surface area (Å²) in [5, 5.41) is 3.88. The van der Waals surface area contributed by atoms with Crippen molar-refractivity contribution in [3.63, 3.8) is 0 Å². The summed E-state index contributed by atoms with van der Waals surface area (Å²) < 4.78 is 7.37. The molecule has 1 heterocycles. The Morgan fingerprint density at radius 1 is 0.905 bits per heavy atom. The molecule has 1 atom stereocenters. The number of benzene rings is 3. The Kier molecular flexibility index (Phi) is 11.5. The Hall–Kier alpha value is -3.70. The van der Waals surface area contributed by atoms with E-state index >= 15 is 0 Å². The minimum absolute atomic E-state index is 0.294. The third-order valence-corrected chi connectivity index (χ3v) is 8.08. The number of nitrogens with one attached hydrogen (secondary N) is 1. The Bertz CT molecular complexity index is 1420. The highest BCUT2D eigenvalue weighted by Gasteiger charge is 2.23. The predicted molar refractivity (Wildman–Crippen MR) is 174 cm³/mol. The van der Waals surface area contributed by atoms with Crippen LogP contribution in [0.5, 0.6) is 0 Å². The maximum atomic E-state index is 11.9. The first-order valence-corrected chi connectivity index (χ1v) is 15.6. The third-order valence-electron chi connectivity index (χ3n) is 8.08. The molecule has 0 spiro atoms. The molecule has 3 aromatic carbocycles. The summed E-state index contributed by atoms with van der Waals surface area (Å²) >= 11 is 0. The predicted octanol–water partition coefficient (Wildman–Crippen LogP) is 8.70. The van der Waals surface area contributed by atoms with E-state index in [4.69, 9.17) is 9.72 Å². The number of unbranched alkanes of at least 4 members (excludes halogenated alkanes) is 3. The molecule has 0 saturated heterocycles. The van der Waals surface area contributed by atoms with Crippen molar-refractivity contribution in [3.8, 4) is 22.6 Å². The zero-order valence-electron chi connectivity index (χ0n) is 26.1. The van der Waals surface area contributed by atoms with Gasteiger partial charge in [-0.1, -0.05) is 106 Å². The van der Waals surface area contributed by atoms with E-state index < -0.39 is 0 Å². The van der Waals surface area contributed by atoms with Crippen LogP contribution in [0.15, 0.2) is 72.8 Å². The normalized spacial score (nSPS) is 11.9. The summed E-state index contributed by atoms with van der Waals surface area (Å²) in [7, 11) is 1.42. The Morgan fingerprint density at radius 3 is 2.29 bits per heavy atom. The topological polar surface area (TPSA) is 56.2 Å². The molecule has 0 aliphatic rings. The maximum Gasteiger partial charge on any atom is 0.337 e. The van der Waals surface area contributed by atoms with E-state index in [1.807, 2.05) is 24.3 Å². The van der Waals surface area contributed by atoms with Crippen LogP contribution in [-0.4, -0.2) is 28.7 Å². The summed E-state index contributed by atoms with van der Waals surface area (Å²) in [6.07, 6.45) is 7.84. The van der Waals surface area contributed by atoms with Crippen LogP contribution in [0.3, 0.4) is 0 Å². The summed E-state index contributed by atoms with van der Waals surface area (Å²) in [5.41, 5.74) is 9.00. The Balaban J connectivity index is 1.72. The second-order valence-corrected chi connectivity index (χ2v) is 11.4. The number of ether oxygens (including phenoxy) is 1. The van der Waals surface area contributed by atoms with E-state index in [-0.39, 0.29) is 5.97 Å². The van der Waals surface area contributed by atoms with Crippen LogP contribution in [0.2, 0.25) is 0 Å². The number of carbonyl (C=O) groups excluding carboxylic acids is 1. The van der Waals surface area contributed by atoms with Gasteiger partial charge >= 0.3 is 5.97 Å². The van der Waals surface area contributed by atoms with Gasteiger partial charge in [-0.05, 0) is 49.9 Å². The van der Waals surface area contributed by atoms with E-state index in [0.29, 0.717) is 11.6 Å². The molecule has 0 aliphatic heterocycles. The van der Waals surface area contributed by atoms with Gasteiger partial charge in [0, 0.05) is 42.4 Å². The van der Waals surface area contributed by atoms with Gasteiger partial charge in [-0.15, -0.1) is 0 Å². The van der Waals surface area contributed by atoms with Gasteiger partial charge in [0.15, 0.2) is 0 Å². The van der Waals surface area contributed by atoms with E-state index in [2.05, 4.69) is 86.1 Å². The van der Waals surface area contributed by atoms with Crippen molar-refractivity contribution < 1.29 is 9.53 Å². The van der Waals surface area contributed by atoms with Gasteiger partial charge in [-0.25, -0.2) is 9.78 Å². The number of nitrogens with zero attached hydrogens (tertiary/aromatic N) is 2. The summed E-state index contributed by atoms with van der Waals surface area (Å²) in [6, 6.07) is 25.4. The first kappa shape index (κ1) is 31.2. The second-order valence-electron chi connectivity index (χ2n) is 11.4. The van der Waals surface area contributed by atoms with E-state index in [0.717, 1.165) is 55.9 Å². The van der Waals surface area contributed by atoms with Crippen molar-refractivity contribution in [2.75, 3.05) is 7.11 Å². The smallest absolute Gasteiger partial charge is 0.337 e. The lowest BCUT2D eigenvalue weighted by Gasteiger charge is -2.22. The molecule has 0 fully saturated rings. The first-order chi connectivity index (χ1) is 20.4. The van der Waals surface area contributed by atoms with Crippen LogP contribution in [0.25, 0.3) is 22.6 Å². The van der Waals surface area contributed by atoms with Crippen molar-refractivity contribution in [1.82, 2.24) is 14.9 Å². The highest BCUT2D eigenvalue weighted by molar-refractivity contribution is 5.89. The van der Waals surface area contributed by atoms with Gasteiger partial charge in [0.05, 0.1) is 18.4 Å². The molecule has 5 nitrogen and oxygen atoms in total. The molecule has 222 valence electrons. The average Bonchev–Trinajstić information content (AvgIpc) is 3.36. The van der Waals surface area contributed by atoms with Gasteiger partial charge in [-0.3, -0.25) is 0 Å². The second kappa shape index (κ2) is 15.5. The molecule has 1 unspecified atom stereocenters. The first-order valence-electron chi connectivity index (χ1n) is 15.6. The van der Waals surface area contributed by atoms with Crippen molar-refractivity contribution >= 4 is 5.97 Å². The van der Waals surface area contributed by atoms with Gasteiger partial charge < -0.3 is 14.6 Å². The van der Waals surface area contributed by atoms with Crippen LogP contribution in [0.1, 0.15) is 85.1 Å². The molecule has 0 bridgehead atoms. The molecule has 42 heavy (non-hydrogen) atoms. The summed E-state index contributed by atoms with van der Waals surface area (Å²) in [6.45, 7) is 10.5. The fourth-order valence-electron chi connectivity index (χ4n) is 5.51. The number of methoxy groups -OCH3 is 1. The third kappa shape index (κ3) is 7.98. The van der Waals surface area contributed by atoms with Gasteiger partial charge in [0.25, 0.3) is 0 Å². The van der Waals surface area contributed by atoms with Gasteiger partial charge in [0.2, 0.25) is 0 Å². The van der Waals surface area contributed by atoms with Crippen molar-refractivity contribution in [2.45, 2.75) is 91.8 Å². The number of aromatic nitrogens is 2. The Labute approximate surface area is 252 Å². The van der Waals surface area contributed by atoms with Crippen LogP contribution < -0.4 is 5.32 Å². The molecule has 0 amide bonds. The molecule has 0 radical (unpaired) electrons. The van der Waals surface area contributed by atoms with E-state index in [9.17, 15) is 4.79 Å². The molecule has 4 aromatic rings. The fraction of sp³-hybridized carbons (Fsp3) is 0.405. The minimum atomic E-state index is -0.305. The fourth-order valence-corrected chi connectivity index (χ4v) is 5.51. The van der Waals surface area contributed by atoms with Crippen LogP contribution in [0, 0.1) is 13.8 Å². The van der Waals surface area contributed by atoms with Gasteiger partial charge in [0.1, 0.15) is 5.82 Å². The highest BCUT2D eigenvalue weighted by Crippen LogP contribution is 2.33.